The monoisotopic (exact) mass is 395 g/mol. The van der Waals surface area contributed by atoms with Gasteiger partial charge in [-0.05, 0) is 42.2 Å². The van der Waals surface area contributed by atoms with Crippen LogP contribution in [0.15, 0.2) is 36.4 Å². The molecule has 3 rings (SSSR count). The summed E-state index contributed by atoms with van der Waals surface area (Å²) in [7, 11) is 0. The molecule has 1 amide bonds. The van der Waals surface area contributed by atoms with E-state index in [2.05, 4.69) is 5.32 Å². The largest absolute Gasteiger partial charge is 0.479 e. The quantitative estimate of drug-likeness (QED) is 0.794. The standard InChI is InChI=1S/C18H15Cl2NO5/c19-12-6-4-10(8-13(12)20)9-25-18(24)21-14-3-1-2-11-5-7-15(17(22)23)26-16(11)14/h1-4,6,8,15H,5,7,9H2,(H,21,24)(H,22,23). The van der Waals surface area contributed by atoms with Crippen molar-refractivity contribution in [1.82, 2.24) is 0 Å². The second kappa shape index (κ2) is 7.85. The number of ether oxygens (including phenoxy) is 2. The number of hydrogen-bond acceptors (Lipinski definition) is 4. The van der Waals surface area contributed by atoms with Crippen LogP contribution in [-0.4, -0.2) is 23.3 Å². The zero-order valence-corrected chi connectivity index (χ0v) is 15.0. The molecular weight excluding hydrogens is 381 g/mol. The highest BCUT2D eigenvalue weighted by Crippen LogP contribution is 2.35. The van der Waals surface area contributed by atoms with Crippen LogP contribution >= 0.6 is 23.2 Å². The van der Waals surface area contributed by atoms with Crippen LogP contribution in [0.1, 0.15) is 17.5 Å². The number of aryl methyl sites for hydroxylation is 1. The number of carboxylic acids is 1. The van der Waals surface area contributed by atoms with E-state index in [1.54, 1.807) is 30.3 Å². The number of benzene rings is 2. The van der Waals surface area contributed by atoms with Gasteiger partial charge >= 0.3 is 12.1 Å². The zero-order chi connectivity index (χ0) is 18.7. The number of hydrogen-bond donors (Lipinski definition) is 2. The fourth-order valence-electron chi connectivity index (χ4n) is 2.61. The van der Waals surface area contributed by atoms with Gasteiger partial charge in [0.15, 0.2) is 6.10 Å². The molecule has 0 aromatic heterocycles. The van der Waals surface area contributed by atoms with E-state index in [0.717, 1.165) is 5.56 Å². The van der Waals surface area contributed by atoms with Gasteiger partial charge in [0.05, 0.1) is 15.7 Å². The van der Waals surface area contributed by atoms with Crippen LogP contribution in [0, 0.1) is 0 Å². The maximum atomic E-state index is 12.1. The molecule has 2 aromatic carbocycles. The average molecular weight is 396 g/mol. The van der Waals surface area contributed by atoms with Crippen molar-refractivity contribution in [2.24, 2.45) is 0 Å². The number of carbonyl (C=O) groups is 2. The van der Waals surface area contributed by atoms with Crippen molar-refractivity contribution in [2.45, 2.75) is 25.6 Å². The second-order valence-electron chi connectivity index (χ2n) is 5.73. The average Bonchev–Trinajstić information content (AvgIpc) is 2.62. The summed E-state index contributed by atoms with van der Waals surface area (Å²) in [6, 6.07) is 10.2. The third-order valence-corrected chi connectivity index (χ3v) is 4.64. The van der Waals surface area contributed by atoms with Gasteiger partial charge in [0.1, 0.15) is 12.4 Å². The number of aliphatic carboxylic acids is 1. The van der Waals surface area contributed by atoms with Crippen LogP contribution in [0.5, 0.6) is 5.75 Å². The minimum Gasteiger partial charge on any atom is -0.479 e. The number of carboxylic acid groups (broad SMARTS) is 1. The molecule has 0 radical (unpaired) electrons. The SMILES string of the molecule is O=C(Nc1cccc2c1OC(C(=O)O)CC2)OCc1ccc(Cl)c(Cl)c1. The lowest BCUT2D eigenvalue weighted by molar-refractivity contribution is -0.145. The van der Waals surface area contributed by atoms with Crippen LogP contribution in [0.4, 0.5) is 10.5 Å². The lowest BCUT2D eigenvalue weighted by Gasteiger charge is -2.25. The van der Waals surface area contributed by atoms with Crippen LogP contribution in [0.3, 0.4) is 0 Å². The van der Waals surface area contributed by atoms with E-state index in [0.29, 0.717) is 39.9 Å². The van der Waals surface area contributed by atoms with Gasteiger partial charge in [0, 0.05) is 0 Å². The molecule has 0 saturated carbocycles. The van der Waals surface area contributed by atoms with E-state index < -0.39 is 18.2 Å². The van der Waals surface area contributed by atoms with E-state index in [1.165, 1.54) is 0 Å². The summed E-state index contributed by atoms with van der Waals surface area (Å²) in [6.07, 6.45) is -0.684. The zero-order valence-electron chi connectivity index (χ0n) is 13.5. The highest BCUT2D eigenvalue weighted by Gasteiger charge is 2.27. The topological polar surface area (TPSA) is 84.9 Å². The third kappa shape index (κ3) is 4.20. The summed E-state index contributed by atoms with van der Waals surface area (Å²) in [6.45, 7) is 0.0103. The highest BCUT2D eigenvalue weighted by atomic mass is 35.5. The predicted octanol–water partition coefficient (Wildman–Crippen LogP) is 4.52. The Balaban J connectivity index is 1.66. The van der Waals surface area contributed by atoms with Gasteiger partial charge in [-0.3, -0.25) is 5.32 Å². The van der Waals surface area contributed by atoms with Gasteiger partial charge in [0.2, 0.25) is 0 Å². The maximum Gasteiger partial charge on any atom is 0.412 e. The molecule has 1 aliphatic heterocycles. The van der Waals surface area contributed by atoms with Crippen molar-refractivity contribution < 1.29 is 24.2 Å². The van der Waals surface area contributed by atoms with Gasteiger partial charge in [-0.2, -0.15) is 0 Å². The Kier molecular flexibility index (Phi) is 5.54. The van der Waals surface area contributed by atoms with Gasteiger partial charge in [0.25, 0.3) is 0 Å². The molecule has 1 heterocycles. The molecule has 1 unspecified atom stereocenters. The number of amides is 1. The van der Waals surface area contributed by atoms with Crippen LogP contribution in [0.25, 0.3) is 0 Å². The van der Waals surface area contributed by atoms with E-state index in [1.807, 2.05) is 6.07 Å². The second-order valence-corrected chi connectivity index (χ2v) is 6.54. The van der Waals surface area contributed by atoms with Gasteiger partial charge in [-0.1, -0.05) is 41.4 Å². The first-order valence-corrected chi connectivity index (χ1v) is 8.58. The third-order valence-electron chi connectivity index (χ3n) is 3.90. The van der Waals surface area contributed by atoms with Gasteiger partial charge in [-0.25, -0.2) is 9.59 Å². The molecule has 0 fully saturated rings. The van der Waals surface area contributed by atoms with Crippen molar-refractivity contribution >= 4 is 41.0 Å². The Hall–Kier alpha value is -2.44. The molecule has 2 N–H and O–H groups in total. The fourth-order valence-corrected chi connectivity index (χ4v) is 2.93. The maximum absolute atomic E-state index is 12.1. The summed E-state index contributed by atoms with van der Waals surface area (Å²) >= 11 is 11.8. The fraction of sp³-hybridized carbons (Fsp3) is 0.222. The van der Waals surface area contributed by atoms with Crippen molar-refractivity contribution in [1.29, 1.82) is 0 Å². The van der Waals surface area contributed by atoms with Crippen LogP contribution in [-0.2, 0) is 22.6 Å². The number of carbonyl (C=O) groups excluding carboxylic acids is 1. The first kappa shape index (κ1) is 18.4. The van der Waals surface area contributed by atoms with Crippen molar-refractivity contribution in [3.63, 3.8) is 0 Å². The van der Waals surface area contributed by atoms with E-state index in [9.17, 15) is 9.59 Å². The lowest BCUT2D eigenvalue weighted by Crippen LogP contribution is -2.31. The molecule has 136 valence electrons. The summed E-state index contributed by atoms with van der Waals surface area (Å²) in [5.74, 6) is -0.676. The number of rotatable bonds is 4. The normalized spacial score (nSPS) is 15.5. The van der Waals surface area contributed by atoms with E-state index >= 15 is 0 Å². The molecule has 0 bridgehead atoms. The molecule has 1 aliphatic rings. The minimum absolute atomic E-state index is 0.0103. The predicted molar refractivity (Wildman–Crippen MR) is 97.1 cm³/mol. The Labute approximate surface area is 159 Å². The molecule has 26 heavy (non-hydrogen) atoms. The van der Waals surface area contributed by atoms with Crippen LogP contribution < -0.4 is 10.1 Å². The van der Waals surface area contributed by atoms with E-state index in [-0.39, 0.29) is 6.61 Å². The first-order chi connectivity index (χ1) is 12.4. The number of nitrogens with one attached hydrogen (secondary N) is 1. The first-order valence-electron chi connectivity index (χ1n) is 7.83. The summed E-state index contributed by atoms with van der Waals surface area (Å²) in [4.78, 5) is 23.2. The highest BCUT2D eigenvalue weighted by molar-refractivity contribution is 6.42. The number of anilines is 1. The molecule has 0 aliphatic carbocycles. The summed E-state index contributed by atoms with van der Waals surface area (Å²) < 4.78 is 10.7. The molecule has 6 nitrogen and oxygen atoms in total. The Morgan fingerprint density at radius 3 is 2.77 bits per heavy atom. The minimum atomic E-state index is -1.03. The number of halogens is 2. The number of para-hydroxylation sites is 1. The van der Waals surface area contributed by atoms with Crippen LogP contribution in [0.2, 0.25) is 10.0 Å². The lowest BCUT2D eigenvalue weighted by atomic mass is 10.0. The molecule has 2 aromatic rings. The number of fused-ring (bicyclic) bond motifs is 1. The molecule has 1 atom stereocenters. The van der Waals surface area contributed by atoms with Crippen molar-refractivity contribution in [3.05, 3.63) is 57.6 Å². The Morgan fingerprint density at radius 1 is 1.23 bits per heavy atom. The molecule has 0 saturated heterocycles. The smallest absolute Gasteiger partial charge is 0.412 e. The molecule has 0 spiro atoms. The van der Waals surface area contributed by atoms with Crippen molar-refractivity contribution in [2.75, 3.05) is 5.32 Å². The molecular formula is C18H15Cl2NO5. The summed E-state index contributed by atoms with van der Waals surface area (Å²) in [5.41, 5.74) is 1.89. The Bertz CT molecular complexity index is 855. The van der Waals surface area contributed by atoms with Crippen molar-refractivity contribution in [3.8, 4) is 5.75 Å². The van der Waals surface area contributed by atoms with Gasteiger partial charge < -0.3 is 14.6 Å². The summed E-state index contributed by atoms with van der Waals surface area (Å²) in [5, 5.41) is 12.5. The van der Waals surface area contributed by atoms with E-state index in [4.69, 9.17) is 37.8 Å². The van der Waals surface area contributed by atoms with Gasteiger partial charge in [-0.15, -0.1) is 0 Å². The molecule has 8 heteroatoms. The Morgan fingerprint density at radius 2 is 2.04 bits per heavy atom.